The molecule has 0 aliphatic rings. The van der Waals surface area contributed by atoms with Crippen molar-refractivity contribution in [2.45, 2.75) is 44.8 Å². The summed E-state index contributed by atoms with van der Waals surface area (Å²) in [5, 5.41) is 3.23. The van der Waals surface area contributed by atoms with Crippen molar-refractivity contribution >= 4 is 20.8 Å². The molecule has 0 spiro atoms. The van der Waals surface area contributed by atoms with E-state index in [9.17, 15) is 0 Å². The molecule has 2 heteroatoms. The first-order valence-electron chi connectivity index (χ1n) is 8.90. The summed E-state index contributed by atoms with van der Waals surface area (Å²) in [5.74, 6) is 0. The van der Waals surface area contributed by atoms with Gasteiger partial charge in [0, 0.05) is 17.1 Å². The van der Waals surface area contributed by atoms with Gasteiger partial charge in [0.25, 0.3) is 0 Å². The number of hydrogen-bond acceptors (Lipinski definition) is 1. The van der Waals surface area contributed by atoms with Crippen molar-refractivity contribution in [1.29, 1.82) is 0 Å². The van der Waals surface area contributed by atoms with Crippen LogP contribution in [0, 0.1) is 20.8 Å². The Morgan fingerprint density at radius 2 is 1.52 bits per heavy atom. The Kier molecular flexibility index (Phi) is 4.68. The maximum Gasteiger partial charge on any atom is 0.0780 e. The molecule has 0 aliphatic carbocycles. The van der Waals surface area contributed by atoms with Crippen molar-refractivity contribution in [3.63, 3.8) is 0 Å². The predicted molar refractivity (Wildman–Crippen MR) is 114 cm³/mol. The zero-order valence-electron chi connectivity index (χ0n) is 16.5. The number of pyridine rings is 1. The molecule has 25 heavy (non-hydrogen) atoms. The summed E-state index contributed by atoms with van der Waals surface area (Å²) in [7, 11) is -0.810. The summed E-state index contributed by atoms with van der Waals surface area (Å²) in [6.45, 7) is 11.2. The van der Waals surface area contributed by atoms with Gasteiger partial charge in [-0.2, -0.15) is 0 Å². The molecule has 1 aromatic heterocycles. The largest absolute Gasteiger partial charge is 0.256 e. The number of hydrogen-bond donors (Lipinski definition) is 0. The number of nitrogens with zero attached hydrogens (tertiary/aromatic N) is 1. The van der Waals surface area contributed by atoms with E-state index in [1.165, 1.54) is 37.9 Å². The van der Waals surface area contributed by atoms with E-state index in [-0.39, 0.29) is 0 Å². The molecule has 2 aromatic carbocycles. The highest BCUT2D eigenvalue weighted by Gasteiger charge is 2.22. The maximum atomic E-state index is 4.73. The second-order valence-electron chi connectivity index (χ2n) is 7.83. The third-order valence-electron chi connectivity index (χ3n) is 5.30. The van der Waals surface area contributed by atoms with Crippen LogP contribution >= 0.6 is 10.0 Å². The summed E-state index contributed by atoms with van der Waals surface area (Å²) in [5.41, 5.74) is 6.27. The fourth-order valence-electron chi connectivity index (χ4n) is 3.47. The van der Waals surface area contributed by atoms with E-state index in [0.717, 1.165) is 5.69 Å². The third-order valence-corrected chi connectivity index (χ3v) is 9.23. The van der Waals surface area contributed by atoms with Crippen LogP contribution in [0.2, 0.25) is 0 Å². The van der Waals surface area contributed by atoms with Crippen LogP contribution in [0.25, 0.3) is 22.0 Å². The van der Waals surface area contributed by atoms with Crippen LogP contribution in [0.4, 0.5) is 0 Å². The van der Waals surface area contributed by atoms with Crippen molar-refractivity contribution in [1.82, 2.24) is 4.98 Å². The molecule has 3 rings (SSSR count). The van der Waals surface area contributed by atoms with Crippen LogP contribution in [-0.4, -0.2) is 22.7 Å². The average molecular weight is 352 g/mol. The Bertz CT molecular complexity index is 918. The molecule has 0 amide bonds. The first-order valence-corrected chi connectivity index (χ1v) is 11.4. The Labute approximate surface area is 153 Å². The highest BCUT2D eigenvalue weighted by Crippen LogP contribution is 2.55. The van der Waals surface area contributed by atoms with E-state index in [1.807, 2.05) is 6.20 Å². The number of aromatic nitrogens is 1. The molecule has 0 saturated heterocycles. The van der Waals surface area contributed by atoms with Crippen molar-refractivity contribution in [3.05, 3.63) is 59.3 Å². The molecule has 1 nitrogen and oxygen atoms in total. The molecular formula is C23H29NS. The van der Waals surface area contributed by atoms with Gasteiger partial charge in [-0.3, -0.25) is 4.98 Å². The van der Waals surface area contributed by atoms with Crippen molar-refractivity contribution in [3.8, 4) is 11.3 Å². The summed E-state index contributed by atoms with van der Waals surface area (Å²) in [6.07, 6.45) is 6.81. The van der Waals surface area contributed by atoms with Gasteiger partial charge in [0.2, 0.25) is 0 Å². The van der Waals surface area contributed by atoms with Gasteiger partial charge in [-0.25, -0.2) is 10.0 Å². The monoisotopic (exact) mass is 351 g/mol. The number of fused-ring (bicyclic) bond motifs is 1. The van der Waals surface area contributed by atoms with Gasteiger partial charge in [-0.1, -0.05) is 31.0 Å². The van der Waals surface area contributed by atoms with E-state index in [2.05, 4.69) is 83.5 Å². The van der Waals surface area contributed by atoms with Gasteiger partial charge in [0.1, 0.15) is 0 Å². The fraction of sp³-hybridized carbons (Fsp3) is 0.348. The lowest BCUT2D eigenvalue weighted by Gasteiger charge is -2.38. The smallest absolute Gasteiger partial charge is 0.0780 e. The average Bonchev–Trinajstić information content (AvgIpc) is 2.52. The number of benzene rings is 2. The molecular weight excluding hydrogens is 322 g/mol. The maximum absolute atomic E-state index is 4.73. The van der Waals surface area contributed by atoms with Gasteiger partial charge >= 0.3 is 0 Å². The summed E-state index contributed by atoms with van der Waals surface area (Å²) < 4.78 is 0. The van der Waals surface area contributed by atoms with Crippen LogP contribution in [0.15, 0.2) is 47.5 Å². The van der Waals surface area contributed by atoms with Crippen LogP contribution in [0.1, 0.15) is 30.5 Å². The SMILES string of the molecule is Cc1cc(C)cc(-c2nccc3cc(S(C)(C)C(C)C)c(C)cc23)c1. The lowest BCUT2D eigenvalue weighted by Crippen LogP contribution is -2.10. The minimum absolute atomic E-state index is 0.671. The zero-order valence-corrected chi connectivity index (χ0v) is 17.3. The minimum atomic E-state index is -0.810. The number of aryl methyl sites for hydroxylation is 3. The van der Waals surface area contributed by atoms with E-state index < -0.39 is 10.0 Å². The molecule has 0 atom stereocenters. The van der Waals surface area contributed by atoms with Crippen LogP contribution in [-0.2, 0) is 0 Å². The zero-order chi connectivity index (χ0) is 18.4. The standard InChI is InChI=1S/C23H29NS/c1-15(2)25(6,7)22-14-19-8-9-24-23(21(19)13-18(22)5)20-11-16(3)10-17(4)12-20/h8-15H,1-7H3. The van der Waals surface area contributed by atoms with Crippen LogP contribution in [0.3, 0.4) is 0 Å². The number of rotatable bonds is 3. The van der Waals surface area contributed by atoms with E-state index in [0.29, 0.717) is 5.25 Å². The third kappa shape index (κ3) is 3.32. The molecule has 0 saturated carbocycles. The Balaban J connectivity index is 2.26. The lowest BCUT2D eigenvalue weighted by molar-refractivity contribution is 1.08. The van der Waals surface area contributed by atoms with Crippen molar-refractivity contribution in [2.24, 2.45) is 0 Å². The Morgan fingerprint density at radius 3 is 2.12 bits per heavy atom. The summed E-state index contributed by atoms with van der Waals surface area (Å²) >= 11 is 0. The fourth-order valence-corrected chi connectivity index (χ4v) is 5.30. The first-order chi connectivity index (χ1) is 11.7. The van der Waals surface area contributed by atoms with Gasteiger partial charge in [0.15, 0.2) is 0 Å². The molecule has 3 aromatic rings. The van der Waals surface area contributed by atoms with E-state index in [4.69, 9.17) is 4.98 Å². The van der Waals surface area contributed by atoms with Crippen molar-refractivity contribution < 1.29 is 0 Å². The molecule has 132 valence electrons. The summed E-state index contributed by atoms with van der Waals surface area (Å²) in [6, 6.07) is 13.6. The quantitative estimate of drug-likeness (QED) is 0.514. The molecule has 0 N–H and O–H groups in total. The highest BCUT2D eigenvalue weighted by molar-refractivity contribution is 8.33. The van der Waals surface area contributed by atoms with Gasteiger partial charge in [-0.05, 0) is 84.7 Å². The molecule has 0 bridgehead atoms. The summed E-state index contributed by atoms with van der Waals surface area (Å²) in [4.78, 5) is 6.26. The van der Waals surface area contributed by atoms with E-state index in [1.54, 1.807) is 0 Å². The van der Waals surface area contributed by atoms with Crippen LogP contribution in [0.5, 0.6) is 0 Å². The van der Waals surface area contributed by atoms with Crippen LogP contribution < -0.4 is 0 Å². The molecule has 1 heterocycles. The Hall–Kier alpha value is -1.80. The van der Waals surface area contributed by atoms with Gasteiger partial charge in [-0.15, -0.1) is 0 Å². The van der Waals surface area contributed by atoms with Gasteiger partial charge in [0.05, 0.1) is 5.69 Å². The molecule has 0 fully saturated rings. The predicted octanol–water partition coefficient (Wildman–Crippen LogP) is 6.66. The molecule has 0 unspecified atom stereocenters. The lowest BCUT2D eigenvalue weighted by atomic mass is 9.99. The first kappa shape index (κ1) is 18.0. The molecule has 0 aliphatic heterocycles. The second kappa shape index (κ2) is 6.49. The van der Waals surface area contributed by atoms with Crippen molar-refractivity contribution in [2.75, 3.05) is 12.5 Å². The molecule has 0 radical (unpaired) electrons. The highest BCUT2D eigenvalue weighted by atomic mass is 32.3. The van der Waals surface area contributed by atoms with E-state index >= 15 is 0 Å². The van der Waals surface area contributed by atoms with Gasteiger partial charge < -0.3 is 0 Å². The minimum Gasteiger partial charge on any atom is -0.256 e. The topological polar surface area (TPSA) is 12.9 Å². The second-order valence-corrected chi connectivity index (χ2v) is 12.0. The Morgan fingerprint density at radius 1 is 0.880 bits per heavy atom. The normalized spacial score (nSPS) is 12.8.